The number of carbonyl (C=O) groups excluding carboxylic acids is 2. The van der Waals surface area contributed by atoms with Crippen molar-refractivity contribution in [2.45, 2.75) is 65.1 Å². The van der Waals surface area contributed by atoms with E-state index in [9.17, 15) is 19.8 Å². The molecule has 6 heteroatoms. The summed E-state index contributed by atoms with van der Waals surface area (Å²) in [4.78, 5) is 23.6. The molecule has 0 aromatic heterocycles. The van der Waals surface area contributed by atoms with E-state index < -0.39 is 23.6 Å². The van der Waals surface area contributed by atoms with E-state index in [2.05, 4.69) is 13.5 Å². The third kappa shape index (κ3) is 3.56. The molecule has 26 heavy (non-hydrogen) atoms. The molecule has 0 spiro atoms. The summed E-state index contributed by atoms with van der Waals surface area (Å²) >= 11 is 0. The van der Waals surface area contributed by atoms with Crippen molar-refractivity contribution in [2.24, 2.45) is 22.7 Å². The number of aliphatic hydroxyl groups is 1. The third-order valence-corrected chi connectivity index (χ3v) is 7.02. The number of carboxylic acids is 1. The first-order valence-corrected chi connectivity index (χ1v) is 9.17. The van der Waals surface area contributed by atoms with Gasteiger partial charge in [-0.2, -0.15) is 0 Å². The number of hydrogen-bond acceptors (Lipinski definition) is 5. The van der Waals surface area contributed by atoms with Crippen LogP contribution in [0.3, 0.4) is 0 Å². The number of fused-ring (bicyclic) bond motifs is 1. The normalized spacial score (nSPS) is 39.5. The summed E-state index contributed by atoms with van der Waals surface area (Å²) in [6.45, 7) is 8.28. The molecule has 0 radical (unpaired) electrons. The van der Waals surface area contributed by atoms with Gasteiger partial charge in [-0.15, -0.1) is 0 Å². The van der Waals surface area contributed by atoms with E-state index in [0.29, 0.717) is 18.4 Å². The first kappa shape index (κ1) is 21.7. The number of ether oxygens (including phenoxy) is 1. The molecular weight excluding hydrogens is 343 g/mol. The molecule has 0 bridgehead atoms. The van der Waals surface area contributed by atoms with Crippen LogP contribution in [0.4, 0.5) is 0 Å². The Morgan fingerprint density at radius 3 is 2.69 bits per heavy atom. The van der Waals surface area contributed by atoms with E-state index in [4.69, 9.17) is 4.74 Å². The van der Waals surface area contributed by atoms with Gasteiger partial charge in [0.2, 0.25) is 6.29 Å². The van der Waals surface area contributed by atoms with Gasteiger partial charge in [0.15, 0.2) is 0 Å². The van der Waals surface area contributed by atoms with E-state index in [1.54, 1.807) is 0 Å². The standard InChI is InChI=1S/C20H28O5.Na/c1-12-5-8-15-19(2,9-4-10-20(15,3)18(23)24)14(12)7-6-13-11-16(21)25-17(13)22;/h11,14-16,21H,1,4-10H2,2-3H3,(H,23,24);/q;+1/p-1/t14-,15?,16?,19+,20-;/m0./s1. The molecule has 5 nitrogen and oxygen atoms in total. The van der Waals surface area contributed by atoms with E-state index in [1.165, 1.54) is 6.08 Å². The third-order valence-electron chi connectivity index (χ3n) is 7.02. The molecule has 3 rings (SSSR count). The number of carbonyl (C=O) groups is 2. The fourth-order valence-electron chi connectivity index (χ4n) is 5.67. The number of allylic oxidation sites excluding steroid dienone is 1. The van der Waals surface area contributed by atoms with Crippen LogP contribution in [0.2, 0.25) is 0 Å². The molecule has 138 valence electrons. The summed E-state index contributed by atoms with van der Waals surface area (Å²) in [5, 5.41) is 21.3. The average Bonchev–Trinajstić information content (AvgIpc) is 2.84. The smallest absolute Gasteiger partial charge is 0.550 e. The topological polar surface area (TPSA) is 86.7 Å². The second-order valence-electron chi connectivity index (χ2n) is 8.39. The Labute approximate surface area is 177 Å². The Balaban J connectivity index is 0.00000243. The van der Waals surface area contributed by atoms with Crippen LogP contribution in [0.25, 0.3) is 0 Å². The van der Waals surface area contributed by atoms with Gasteiger partial charge in [0, 0.05) is 17.0 Å². The Kier molecular flexibility index (Phi) is 6.49. The van der Waals surface area contributed by atoms with Gasteiger partial charge in [-0.3, -0.25) is 0 Å². The van der Waals surface area contributed by atoms with Crippen molar-refractivity contribution >= 4 is 11.9 Å². The summed E-state index contributed by atoms with van der Waals surface area (Å²) in [6, 6.07) is 0. The molecule has 0 aromatic carbocycles. The van der Waals surface area contributed by atoms with Crippen LogP contribution in [-0.4, -0.2) is 23.3 Å². The molecule has 1 heterocycles. The van der Waals surface area contributed by atoms with E-state index in [1.807, 2.05) is 6.92 Å². The van der Waals surface area contributed by atoms with Crippen molar-refractivity contribution in [2.75, 3.05) is 0 Å². The maximum atomic E-state index is 11.9. The van der Waals surface area contributed by atoms with Crippen molar-refractivity contribution in [3.8, 4) is 0 Å². The molecule has 2 unspecified atom stereocenters. The number of carboxylic acid groups (broad SMARTS) is 1. The average molecular weight is 370 g/mol. The van der Waals surface area contributed by atoms with Crippen molar-refractivity contribution in [3.63, 3.8) is 0 Å². The molecule has 5 atom stereocenters. The summed E-state index contributed by atoms with van der Waals surface area (Å²) < 4.78 is 4.75. The van der Waals surface area contributed by atoms with Gasteiger partial charge in [-0.05, 0) is 61.9 Å². The molecule has 2 saturated carbocycles. The quantitative estimate of drug-likeness (QED) is 0.394. The van der Waals surface area contributed by atoms with Crippen molar-refractivity contribution in [1.82, 2.24) is 0 Å². The first-order chi connectivity index (χ1) is 11.7. The zero-order valence-corrected chi connectivity index (χ0v) is 18.0. The van der Waals surface area contributed by atoms with Crippen LogP contribution in [-0.2, 0) is 14.3 Å². The van der Waals surface area contributed by atoms with Crippen LogP contribution < -0.4 is 34.7 Å². The Morgan fingerprint density at radius 1 is 1.42 bits per heavy atom. The van der Waals surface area contributed by atoms with Gasteiger partial charge >= 0.3 is 35.5 Å². The number of aliphatic hydroxyl groups excluding tert-OH is 1. The van der Waals surface area contributed by atoms with Gasteiger partial charge in [0.25, 0.3) is 0 Å². The fourth-order valence-corrected chi connectivity index (χ4v) is 5.67. The zero-order chi connectivity index (χ0) is 18.4. The van der Waals surface area contributed by atoms with E-state index in [-0.39, 0.29) is 46.8 Å². The number of hydrogen-bond donors (Lipinski definition) is 1. The first-order valence-electron chi connectivity index (χ1n) is 9.17. The van der Waals surface area contributed by atoms with Crippen LogP contribution in [0.5, 0.6) is 0 Å². The van der Waals surface area contributed by atoms with Crippen LogP contribution in [0.1, 0.15) is 58.8 Å². The summed E-state index contributed by atoms with van der Waals surface area (Å²) in [5.41, 5.74) is 0.705. The summed E-state index contributed by atoms with van der Waals surface area (Å²) in [6.07, 6.45) is 5.71. The summed E-state index contributed by atoms with van der Waals surface area (Å²) in [7, 11) is 0. The fraction of sp³-hybridized carbons (Fsp3) is 0.700. The second kappa shape index (κ2) is 7.78. The largest absolute Gasteiger partial charge is 1.00 e. The summed E-state index contributed by atoms with van der Waals surface area (Å²) in [5.74, 6) is -1.18. The van der Waals surface area contributed by atoms with Crippen LogP contribution in [0, 0.1) is 22.7 Å². The number of cyclic esters (lactones) is 1. The Morgan fingerprint density at radius 2 is 2.12 bits per heavy atom. The maximum absolute atomic E-state index is 11.9. The van der Waals surface area contributed by atoms with Crippen molar-refractivity contribution in [1.29, 1.82) is 0 Å². The molecular formula is C20H27NaO5. The Bertz CT molecular complexity index is 642. The molecule has 0 amide bonds. The minimum Gasteiger partial charge on any atom is -0.550 e. The molecule has 1 N–H and O–H groups in total. The van der Waals surface area contributed by atoms with E-state index >= 15 is 0 Å². The second-order valence-corrected chi connectivity index (χ2v) is 8.39. The number of rotatable bonds is 4. The minimum atomic E-state index is -1.14. The molecule has 0 saturated heterocycles. The molecule has 2 fully saturated rings. The van der Waals surface area contributed by atoms with Gasteiger partial charge < -0.3 is 19.7 Å². The Hall–Kier alpha value is -0.620. The minimum absolute atomic E-state index is 0. The number of esters is 1. The predicted octanol–water partition coefficient (Wildman–Crippen LogP) is -0.899. The predicted molar refractivity (Wildman–Crippen MR) is 89.8 cm³/mol. The monoisotopic (exact) mass is 370 g/mol. The van der Waals surface area contributed by atoms with Crippen molar-refractivity contribution < 1.29 is 54.1 Å². The zero-order valence-electron chi connectivity index (χ0n) is 16.0. The van der Waals surface area contributed by atoms with Crippen LogP contribution >= 0.6 is 0 Å². The van der Waals surface area contributed by atoms with Crippen LogP contribution in [0.15, 0.2) is 23.8 Å². The van der Waals surface area contributed by atoms with Gasteiger partial charge in [0.05, 0.1) is 0 Å². The van der Waals surface area contributed by atoms with Gasteiger partial charge in [0.1, 0.15) is 0 Å². The molecule has 2 aliphatic carbocycles. The molecule has 1 aliphatic heterocycles. The molecule has 3 aliphatic rings. The van der Waals surface area contributed by atoms with Gasteiger partial charge in [-0.1, -0.05) is 32.4 Å². The van der Waals surface area contributed by atoms with Crippen molar-refractivity contribution in [3.05, 3.63) is 23.8 Å². The SMILES string of the molecule is C=C1CCC2[C@](C)(CCC[C@]2(C)C(=O)[O-])[C@H]1CCC1=CC(O)OC1=O.[Na+]. The molecule has 0 aromatic rings. The number of aliphatic carboxylic acids is 1. The van der Waals surface area contributed by atoms with E-state index in [0.717, 1.165) is 37.7 Å². The maximum Gasteiger partial charge on any atom is 1.00 e. The van der Waals surface area contributed by atoms with Gasteiger partial charge in [-0.25, -0.2) is 4.79 Å².